The molecule has 154 valence electrons. The summed E-state index contributed by atoms with van der Waals surface area (Å²) in [7, 11) is 0. The molecule has 1 saturated heterocycles. The van der Waals surface area contributed by atoms with Crippen molar-refractivity contribution in [3.63, 3.8) is 0 Å². The van der Waals surface area contributed by atoms with Crippen molar-refractivity contribution in [2.24, 2.45) is 0 Å². The van der Waals surface area contributed by atoms with Crippen molar-refractivity contribution < 1.29 is 14.3 Å². The van der Waals surface area contributed by atoms with E-state index in [0.29, 0.717) is 13.2 Å². The van der Waals surface area contributed by atoms with Gasteiger partial charge in [-0.25, -0.2) is 0 Å². The van der Waals surface area contributed by atoms with E-state index in [4.69, 9.17) is 9.47 Å². The first-order valence-corrected chi connectivity index (χ1v) is 10.5. The molecular weight excluding hydrogens is 374 g/mol. The lowest BCUT2D eigenvalue weighted by atomic mass is 9.69. The van der Waals surface area contributed by atoms with Crippen molar-refractivity contribution in [1.29, 1.82) is 0 Å². The first-order chi connectivity index (χ1) is 14.8. The van der Waals surface area contributed by atoms with E-state index >= 15 is 0 Å². The minimum absolute atomic E-state index is 0.251. The molecule has 0 aliphatic carbocycles. The summed E-state index contributed by atoms with van der Waals surface area (Å²) >= 11 is 0. The summed E-state index contributed by atoms with van der Waals surface area (Å²) in [6.07, 6.45) is 0. The van der Waals surface area contributed by atoms with Crippen LogP contribution in [0.3, 0.4) is 0 Å². The van der Waals surface area contributed by atoms with E-state index in [0.717, 1.165) is 43.0 Å². The number of hydrogen-bond acceptors (Lipinski definition) is 4. The molecule has 1 fully saturated rings. The van der Waals surface area contributed by atoms with Gasteiger partial charge in [0, 0.05) is 19.6 Å². The van der Waals surface area contributed by atoms with E-state index in [1.807, 2.05) is 91.0 Å². The molecule has 3 aromatic rings. The highest BCUT2D eigenvalue weighted by atomic mass is 16.5. The molecule has 1 aliphatic heterocycles. The van der Waals surface area contributed by atoms with Crippen LogP contribution in [0.4, 0.5) is 0 Å². The average molecular weight is 402 g/mol. The average Bonchev–Trinajstić information content (AvgIpc) is 2.82. The van der Waals surface area contributed by atoms with E-state index < -0.39 is 5.41 Å². The van der Waals surface area contributed by atoms with Crippen LogP contribution in [0.15, 0.2) is 91.0 Å². The number of hydrogen-bond donors (Lipinski definition) is 0. The first-order valence-electron chi connectivity index (χ1n) is 10.5. The van der Waals surface area contributed by atoms with Gasteiger partial charge >= 0.3 is 5.97 Å². The number of ether oxygens (including phenoxy) is 2. The zero-order valence-corrected chi connectivity index (χ0v) is 17.1. The number of benzene rings is 3. The first kappa shape index (κ1) is 20.3. The molecule has 0 N–H and O–H groups in total. The fourth-order valence-electron chi connectivity index (χ4n) is 4.12. The van der Waals surface area contributed by atoms with Gasteiger partial charge < -0.3 is 9.47 Å². The van der Waals surface area contributed by atoms with Gasteiger partial charge in [0.2, 0.25) is 0 Å². The third-order valence-electron chi connectivity index (χ3n) is 5.67. The molecule has 1 aliphatic rings. The Balaban J connectivity index is 1.71. The van der Waals surface area contributed by atoms with Crippen LogP contribution in [-0.2, 0) is 19.7 Å². The van der Waals surface area contributed by atoms with Crippen LogP contribution in [0, 0.1) is 0 Å². The van der Waals surface area contributed by atoms with Crippen LogP contribution in [0.5, 0.6) is 0 Å². The summed E-state index contributed by atoms with van der Waals surface area (Å²) in [5, 5.41) is 0. The maximum absolute atomic E-state index is 13.8. The maximum atomic E-state index is 13.8. The second-order valence-corrected chi connectivity index (χ2v) is 7.44. The van der Waals surface area contributed by atoms with Crippen molar-refractivity contribution in [2.45, 2.75) is 5.41 Å². The summed E-state index contributed by atoms with van der Waals surface area (Å²) in [6, 6.07) is 29.7. The monoisotopic (exact) mass is 401 g/mol. The summed E-state index contributed by atoms with van der Waals surface area (Å²) in [5.74, 6) is -0.251. The number of morpholine rings is 1. The van der Waals surface area contributed by atoms with Gasteiger partial charge in [-0.2, -0.15) is 0 Å². The molecule has 4 nitrogen and oxygen atoms in total. The minimum Gasteiger partial charge on any atom is -0.463 e. The van der Waals surface area contributed by atoms with Crippen molar-refractivity contribution in [1.82, 2.24) is 4.90 Å². The Labute approximate surface area is 178 Å². The van der Waals surface area contributed by atoms with Gasteiger partial charge in [0.1, 0.15) is 12.0 Å². The van der Waals surface area contributed by atoms with E-state index in [1.54, 1.807) is 0 Å². The van der Waals surface area contributed by atoms with Gasteiger partial charge in [-0.1, -0.05) is 91.0 Å². The number of nitrogens with zero attached hydrogens (tertiary/aromatic N) is 1. The standard InChI is InChI=1S/C26H27NO3/c28-25(30-21-18-27-16-19-29-20-17-27)26(22-10-4-1-5-11-22,23-12-6-2-7-13-23)24-14-8-3-9-15-24/h1-15H,16-21H2. The summed E-state index contributed by atoms with van der Waals surface area (Å²) in [4.78, 5) is 16.1. The largest absolute Gasteiger partial charge is 0.463 e. The topological polar surface area (TPSA) is 38.8 Å². The van der Waals surface area contributed by atoms with Gasteiger partial charge in [0.15, 0.2) is 0 Å². The lowest BCUT2D eigenvalue weighted by Crippen LogP contribution is -2.42. The van der Waals surface area contributed by atoms with Crippen LogP contribution >= 0.6 is 0 Å². The van der Waals surface area contributed by atoms with Crippen LogP contribution in [0.1, 0.15) is 16.7 Å². The van der Waals surface area contributed by atoms with Gasteiger partial charge in [-0.05, 0) is 16.7 Å². The Morgan fingerprint density at radius 1 is 0.767 bits per heavy atom. The summed E-state index contributed by atoms with van der Waals surface area (Å²) in [5.41, 5.74) is 1.69. The molecule has 1 heterocycles. The van der Waals surface area contributed by atoms with Crippen molar-refractivity contribution >= 4 is 5.97 Å². The minimum atomic E-state index is -1.02. The van der Waals surface area contributed by atoms with E-state index in [9.17, 15) is 4.79 Å². The van der Waals surface area contributed by atoms with E-state index in [2.05, 4.69) is 4.90 Å². The Morgan fingerprint density at radius 2 is 1.20 bits per heavy atom. The van der Waals surface area contributed by atoms with Crippen molar-refractivity contribution in [3.05, 3.63) is 108 Å². The molecule has 0 unspecified atom stereocenters. The Morgan fingerprint density at radius 3 is 1.63 bits per heavy atom. The molecule has 0 aromatic heterocycles. The van der Waals surface area contributed by atoms with E-state index in [1.165, 1.54) is 0 Å². The molecule has 0 amide bonds. The highest BCUT2D eigenvalue weighted by Gasteiger charge is 2.45. The number of esters is 1. The second kappa shape index (κ2) is 9.70. The molecule has 0 radical (unpaired) electrons. The van der Waals surface area contributed by atoms with Crippen LogP contribution in [0.25, 0.3) is 0 Å². The number of carbonyl (C=O) groups is 1. The normalized spacial score (nSPS) is 14.9. The fraction of sp³-hybridized carbons (Fsp3) is 0.269. The van der Waals surface area contributed by atoms with Crippen molar-refractivity contribution in [3.8, 4) is 0 Å². The summed E-state index contributed by atoms with van der Waals surface area (Å²) in [6.45, 7) is 4.28. The molecule has 0 atom stereocenters. The predicted molar refractivity (Wildman–Crippen MR) is 117 cm³/mol. The molecule has 4 rings (SSSR count). The van der Waals surface area contributed by atoms with E-state index in [-0.39, 0.29) is 5.97 Å². The fourth-order valence-corrected chi connectivity index (χ4v) is 4.12. The zero-order valence-electron chi connectivity index (χ0n) is 17.1. The summed E-state index contributed by atoms with van der Waals surface area (Å²) < 4.78 is 11.4. The molecule has 4 heteroatoms. The molecule has 30 heavy (non-hydrogen) atoms. The number of rotatable bonds is 7. The SMILES string of the molecule is O=C(OCCN1CCOCC1)C(c1ccccc1)(c1ccccc1)c1ccccc1. The third kappa shape index (κ3) is 4.16. The molecular formula is C26H27NO3. The Bertz CT molecular complexity index is 826. The molecule has 0 saturated carbocycles. The molecule has 0 bridgehead atoms. The van der Waals surface area contributed by atoms with Crippen LogP contribution in [0.2, 0.25) is 0 Å². The Kier molecular flexibility index (Phi) is 6.57. The smallest absolute Gasteiger partial charge is 0.325 e. The molecule has 3 aromatic carbocycles. The molecule has 0 spiro atoms. The second-order valence-electron chi connectivity index (χ2n) is 7.44. The highest BCUT2D eigenvalue weighted by molar-refractivity contribution is 5.92. The van der Waals surface area contributed by atoms with Crippen LogP contribution < -0.4 is 0 Å². The predicted octanol–water partition coefficient (Wildman–Crippen LogP) is 3.90. The highest BCUT2D eigenvalue weighted by Crippen LogP contribution is 2.40. The lowest BCUT2D eigenvalue weighted by Gasteiger charge is -2.34. The zero-order chi connectivity index (χ0) is 20.7. The Hall–Kier alpha value is -2.95. The maximum Gasteiger partial charge on any atom is 0.325 e. The lowest BCUT2D eigenvalue weighted by molar-refractivity contribution is -0.148. The van der Waals surface area contributed by atoms with Crippen LogP contribution in [-0.4, -0.2) is 50.3 Å². The quantitative estimate of drug-likeness (QED) is 0.445. The van der Waals surface area contributed by atoms with Gasteiger partial charge in [-0.3, -0.25) is 9.69 Å². The van der Waals surface area contributed by atoms with Gasteiger partial charge in [0.25, 0.3) is 0 Å². The number of carbonyl (C=O) groups excluding carboxylic acids is 1. The van der Waals surface area contributed by atoms with Crippen molar-refractivity contribution in [2.75, 3.05) is 39.5 Å². The van der Waals surface area contributed by atoms with Gasteiger partial charge in [0.05, 0.1) is 13.2 Å². The third-order valence-corrected chi connectivity index (χ3v) is 5.67. The van der Waals surface area contributed by atoms with Gasteiger partial charge in [-0.15, -0.1) is 0 Å².